The molecule has 2 aromatic rings. The highest BCUT2D eigenvalue weighted by atomic mass is 19.4. The van der Waals surface area contributed by atoms with E-state index in [0.717, 1.165) is 12.1 Å². The van der Waals surface area contributed by atoms with Crippen molar-refractivity contribution in [1.82, 2.24) is 4.98 Å². The molecule has 0 unspecified atom stereocenters. The fraction of sp³-hybridized carbons (Fsp3) is 0.154. The molecule has 0 aliphatic carbocycles. The normalized spacial score (nSPS) is 13.2. The zero-order valence-electron chi connectivity index (χ0n) is 10.0. The number of pyridine rings is 1. The van der Waals surface area contributed by atoms with E-state index in [0.29, 0.717) is 6.07 Å². The molecule has 0 saturated carbocycles. The summed E-state index contributed by atoms with van der Waals surface area (Å²) in [5.41, 5.74) is 4.47. The highest BCUT2D eigenvalue weighted by Gasteiger charge is 2.34. The maximum atomic E-state index is 13.5. The van der Waals surface area contributed by atoms with Crippen molar-refractivity contribution in [3.05, 3.63) is 69.4 Å². The molecule has 7 heteroatoms. The van der Waals surface area contributed by atoms with Crippen LogP contribution < -0.4 is 11.3 Å². The summed E-state index contributed by atoms with van der Waals surface area (Å²) in [5, 5.41) is 0. The number of hydrogen-bond acceptors (Lipinski definition) is 2. The third-order valence-electron chi connectivity index (χ3n) is 2.78. The van der Waals surface area contributed by atoms with Gasteiger partial charge in [-0.25, -0.2) is 4.39 Å². The molecule has 1 aromatic carbocycles. The van der Waals surface area contributed by atoms with Gasteiger partial charge in [0, 0.05) is 11.8 Å². The highest BCUT2D eigenvalue weighted by molar-refractivity contribution is 5.32. The summed E-state index contributed by atoms with van der Waals surface area (Å²) in [6, 6.07) is 5.74. The first kappa shape index (κ1) is 14.3. The standard InChI is InChI=1S/C13H10F4N2O/c14-9-6-7(4-5-8(9)13(15,16)17)12(18)10-2-1-3-11(20)19-10/h1-6,12H,18H2,(H,19,20)/t12-/m0/s1. The number of halogens is 4. The lowest BCUT2D eigenvalue weighted by atomic mass is 10.0. The van der Waals surface area contributed by atoms with Gasteiger partial charge < -0.3 is 10.7 Å². The third-order valence-corrected chi connectivity index (χ3v) is 2.78. The Bertz CT molecular complexity index is 679. The van der Waals surface area contributed by atoms with Crippen LogP contribution in [0.15, 0.2) is 41.2 Å². The number of H-pyrrole nitrogens is 1. The quantitative estimate of drug-likeness (QED) is 0.834. The number of nitrogens with two attached hydrogens (primary N) is 1. The van der Waals surface area contributed by atoms with Crippen molar-refractivity contribution in [3.63, 3.8) is 0 Å². The van der Waals surface area contributed by atoms with E-state index in [1.54, 1.807) is 0 Å². The molecule has 0 aliphatic rings. The van der Waals surface area contributed by atoms with Gasteiger partial charge in [0.1, 0.15) is 5.82 Å². The van der Waals surface area contributed by atoms with E-state index in [9.17, 15) is 22.4 Å². The molecule has 2 rings (SSSR count). The van der Waals surface area contributed by atoms with Crippen LogP contribution in [0.4, 0.5) is 17.6 Å². The molecule has 0 spiro atoms. The van der Waals surface area contributed by atoms with Crippen LogP contribution in [0.25, 0.3) is 0 Å². The molecule has 1 aromatic heterocycles. The van der Waals surface area contributed by atoms with Crippen molar-refractivity contribution >= 4 is 0 Å². The Hall–Kier alpha value is -2.15. The van der Waals surface area contributed by atoms with E-state index in [2.05, 4.69) is 4.98 Å². The van der Waals surface area contributed by atoms with Gasteiger partial charge in [-0.3, -0.25) is 4.79 Å². The zero-order chi connectivity index (χ0) is 14.9. The molecule has 0 radical (unpaired) electrons. The number of aromatic amines is 1. The van der Waals surface area contributed by atoms with Gasteiger partial charge in [-0.1, -0.05) is 12.1 Å². The monoisotopic (exact) mass is 286 g/mol. The van der Waals surface area contributed by atoms with Gasteiger partial charge in [-0.05, 0) is 23.8 Å². The summed E-state index contributed by atoms with van der Waals surface area (Å²) < 4.78 is 50.8. The number of hydrogen-bond donors (Lipinski definition) is 2. The highest BCUT2D eigenvalue weighted by Crippen LogP contribution is 2.32. The van der Waals surface area contributed by atoms with E-state index in [-0.39, 0.29) is 11.3 Å². The van der Waals surface area contributed by atoms with Crippen molar-refractivity contribution in [3.8, 4) is 0 Å². The second-order valence-electron chi connectivity index (χ2n) is 4.19. The summed E-state index contributed by atoms with van der Waals surface area (Å²) >= 11 is 0. The van der Waals surface area contributed by atoms with Gasteiger partial charge in [0.15, 0.2) is 0 Å². The lowest BCUT2D eigenvalue weighted by molar-refractivity contribution is -0.140. The van der Waals surface area contributed by atoms with Crippen LogP contribution in [0.1, 0.15) is 22.9 Å². The van der Waals surface area contributed by atoms with Gasteiger partial charge >= 0.3 is 6.18 Å². The summed E-state index contributed by atoms with van der Waals surface area (Å²) in [7, 11) is 0. The van der Waals surface area contributed by atoms with Gasteiger partial charge in [0.25, 0.3) is 0 Å². The lowest BCUT2D eigenvalue weighted by Gasteiger charge is -2.14. The Balaban J connectivity index is 2.39. The van der Waals surface area contributed by atoms with Crippen LogP contribution >= 0.6 is 0 Å². The molecule has 0 aliphatic heterocycles. The van der Waals surface area contributed by atoms with Crippen LogP contribution in [-0.2, 0) is 6.18 Å². The molecular weight excluding hydrogens is 276 g/mol. The minimum atomic E-state index is -4.76. The van der Waals surface area contributed by atoms with Crippen molar-refractivity contribution in [2.24, 2.45) is 5.73 Å². The van der Waals surface area contributed by atoms with Gasteiger partial charge in [0.05, 0.1) is 11.6 Å². The number of alkyl halides is 3. The number of aromatic nitrogens is 1. The summed E-state index contributed by atoms with van der Waals surface area (Å²) in [4.78, 5) is 13.6. The van der Waals surface area contributed by atoms with E-state index in [1.807, 2.05) is 0 Å². The lowest BCUT2D eigenvalue weighted by Crippen LogP contribution is -2.18. The molecule has 1 heterocycles. The largest absolute Gasteiger partial charge is 0.419 e. The number of benzene rings is 1. The summed E-state index contributed by atoms with van der Waals surface area (Å²) in [5.74, 6) is -1.40. The number of rotatable bonds is 2. The molecule has 0 amide bonds. The Labute approximate surface area is 111 Å². The number of nitrogens with one attached hydrogen (secondary N) is 1. The Kier molecular flexibility index (Phi) is 3.63. The van der Waals surface area contributed by atoms with Gasteiger partial charge in [-0.2, -0.15) is 13.2 Å². The molecule has 0 fully saturated rings. The second-order valence-corrected chi connectivity index (χ2v) is 4.19. The van der Waals surface area contributed by atoms with Gasteiger partial charge in [0.2, 0.25) is 5.56 Å². The van der Waals surface area contributed by atoms with Gasteiger partial charge in [-0.15, -0.1) is 0 Å². The molecule has 0 bridgehead atoms. The maximum absolute atomic E-state index is 13.5. The first-order valence-electron chi connectivity index (χ1n) is 5.60. The van der Waals surface area contributed by atoms with E-state index in [4.69, 9.17) is 5.73 Å². The van der Waals surface area contributed by atoms with Crippen LogP contribution in [0.3, 0.4) is 0 Å². The average molecular weight is 286 g/mol. The molecular formula is C13H10F4N2O. The molecule has 3 N–H and O–H groups in total. The Morgan fingerprint density at radius 3 is 2.40 bits per heavy atom. The fourth-order valence-electron chi connectivity index (χ4n) is 1.78. The molecule has 3 nitrogen and oxygen atoms in total. The average Bonchev–Trinajstić information content (AvgIpc) is 2.36. The third kappa shape index (κ3) is 2.88. The minimum absolute atomic E-state index is 0.136. The van der Waals surface area contributed by atoms with Crippen molar-refractivity contribution < 1.29 is 17.6 Å². The predicted molar refractivity (Wildman–Crippen MR) is 64.5 cm³/mol. The fourth-order valence-corrected chi connectivity index (χ4v) is 1.78. The molecule has 20 heavy (non-hydrogen) atoms. The van der Waals surface area contributed by atoms with E-state index < -0.39 is 29.2 Å². The Morgan fingerprint density at radius 2 is 1.85 bits per heavy atom. The predicted octanol–water partition coefficient (Wildman–Crippen LogP) is 2.58. The van der Waals surface area contributed by atoms with Crippen molar-refractivity contribution in [1.29, 1.82) is 0 Å². The molecule has 1 atom stereocenters. The topological polar surface area (TPSA) is 58.9 Å². The SMILES string of the molecule is N[C@@H](c1ccc(C(F)(F)F)c(F)c1)c1cccc(=O)[nH]1. The van der Waals surface area contributed by atoms with Crippen LogP contribution in [0.2, 0.25) is 0 Å². The second kappa shape index (κ2) is 5.09. The summed E-state index contributed by atoms with van der Waals surface area (Å²) in [6.45, 7) is 0. The first-order chi connectivity index (χ1) is 9.29. The van der Waals surface area contributed by atoms with Crippen LogP contribution in [0.5, 0.6) is 0 Å². The van der Waals surface area contributed by atoms with Crippen molar-refractivity contribution in [2.45, 2.75) is 12.2 Å². The Morgan fingerprint density at radius 1 is 1.15 bits per heavy atom. The van der Waals surface area contributed by atoms with E-state index in [1.165, 1.54) is 18.2 Å². The summed E-state index contributed by atoms with van der Waals surface area (Å²) in [6.07, 6.45) is -4.76. The first-order valence-corrected chi connectivity index (χ1v) is 5.60. The van der Waals surface area contributed by atoms with Crippen LogP contribution in [-0.4, -0.2) is 4.98 Å². The smallest absolute Gasteiger partial charge is 0.324 e. The van der Waals surface area contributed by atoms with Crippen molar-refractivity contribution in [2.75, 3.05) is 0 Å². The molecule has 0 saturated heterocycles. The maximum Gasteiger partial charge on any atom is 0.419 e. The zero-order valence-corrected chi connectivity index (χ0v) is 10.0. The van der Waals surface area contributed by atoms with E-state index >= 15 is 0 Å². The minimum Gasteiger partial charge on any atom is -0.324 e. The van der Waals surface area contributed by atoms with Crippen LogP contribution in [0, 0.1) is 5.82 Å². The molecule has 106 valence electrons.